The van der Waals surface area contributed by atoms with Gasteiger partial charge in [0.25, 0.3) is 5.91 Å². The van der Waals surface area contributed by atoms with Crippen LogP contribution in [0.15, 0.2) is 84.0 Å². The first kappa shape index (κ1) is 20.4. The van der Waals surface area contributed by atoms with Gasteiger partial charge in [-0.05, 0) is 55.0 Å². The monoisotopic (exact) mass is 408 g/mol. The number of hydrogen-bond donors (Lipinski definition) is 1. The molecule has 0 heterocycles. The summed E-state index contributed by atoms with van der Waals surface area (Å²) in [6.07, 6.45) is 0. The van der Waals surface area contributed by atoms with Gasteiger partial charge >= 0.3 is 0 Å². The van der Waals surface area contributed by atoms with Gasteiger partial charge in [-0.1, -0.05) is 48.0 Å². The Balaban J connectivity index is 1.49. The molecule has 0 atom stereocenters. The maximum absolute atomic E-state index is 11.9. The van der Waals surface area contributed by atoms with Gasteiger partial charge in [-0.3, -0.25) is 4.79 Å². The Morgan fingerprint density at radius 3 is 2.28 bits per heavy atom. The van der Waals surface area contributed by atoms with Crippen LogP contribution in [-0.2, 0) is 11.4 Å². The second kappa shape index (κ2) is 10.3. The second-order valence-electron chi connectivity index (χ2n) is 6.24. The Labute approximate surface area is 174 Å². The molecule has 3 aromatic rings. The Hall–Kier alpha value is -3.31. The predicted octanol–water partition coefficient (Wildman–Crippen LogP) is 4.84. The van der Waals surface area contributed by atoms with E-state index in [2.05, 4.69) is 10.5 Å². The lowest BCUT2D eigenvalue weighted by molar-refractivity contribution is -0.123. The lowest BCUT2D eigenvalue weighted by Crippen LogP contribution is -2.25. The molecule has 5 nitrogen and oxygen atoms in total. The summed E-state index contributed by atoms with van der Waals surface area (Å²) in [5.41, 5.74) is 4.98. The molecule has 0 spiro atoms. The number of ether oxygens (including phenoxy) is 2. The molecule has 1 amide bonds. The fourth-order valence-electron chi connectivity index (χ4n) is 2.48. The van der Waals surface area contributed by atoms with Crippen molar-refractivity contribution in [1.29, 1.82) is 0 Å². The Kier molecular flexibility index (Phi) is 7.25. The third-order valence-corrected chi connectivity index (χ3v) is 4.45. The van der Waals surface area contributed by atoms with Crippen LogP contribution in [0.2, 0.25) is 5.02 Å². The molecular weight excluding hydrogens is 388 g/mol. The first-order valence-electron chi connectivity index (χ1n) is 9.09. The molecule has 0 aliphatic carbocycles. The first-order chi connectivity index (χ1) is 14.1. The zero-order valence-electron chi connectivity index (χ0n) is 16.0. The van der Waals surface area contributed by atoms with Gasteiger partial charge in [-0.25, -0.2) is 5.43 Å². The highest BCUT2D eigenvalue weighted by Crippen LogP contribution is 2.19. The minimum atomic E-state index is -0.326. The number of hydrazone groups is 1. The van der Waals surface area contributed by atoms with Gasteiger partial charge in [-0.2, -0.15) is 5.10 Å². The lowest BCUT2D eigenvalue weighted by atomic mass is 10.1. The highest BCUT2D eigenvalue weighted by Gasteiger charge is 2.04. The second-order valence-corrected chi connectivity index (χ2v) is 6.65. The molecule has 0 bridgehead atoms. The van der Waals surface area contributed by atoms with Gasteiger partial charge in [0.2, 0.25) is 0 Å². The van der Waals surface area contributed by atoms with E-state index in [1.165, 1.54) is 0 Å². The van der Waals surface area contributed by atoms with Crippen molar-refractivity contribution in [3.05, 3.63) is 95.0 Å². The third kappa shape index (κ3) is 6.36. The van der Waals surface area contributed by atoms with E-state index in [9.17, 15) is 4.79 Å². The van der Waals surface area contributed by atoms with Crippen LogP contribution in [0.1, 0.15) is 18.1 Å². The minimum Gasteiger partial charge on any atom is -0.489 e. The number of benzene rings is 3. The predicted molar refractivity (Wildman–Crippen MR) is 115 cm³/mol. The van der Waals surface area contributed by atoms with E-state index < -0.39 is 0 Å². The van der Waals surface area contributed by atoms with Crippen molar-refractivity contribution in [1.82, 2.24) is 5.43 Å². The maximum atomic E-state index is 11.9. The van der Waals surface area contributed by atoms with Gasteiger partial charge in [0.15, 0.2) is 6.61 Å². The molecule has 6 heteroatoms. The van der Waals surface area contributed by atoms with E-state index in [1.54, 1.807) is 12.1 Å². The number of nitrogens with one attached hydrogen (secondary N) is 1. The lowest BCUT2D eigenvalue weighted by Gasteiger charge is -2.09. The zero-order valence-corrected chi connectivity index (χ0v) is 16.7. The van der Waals surface area contributed by atoms with E-state index in [0.717, 1.165) is 16.9 Å². The summed E-state index contributed by atoms with van der Waals surface area (Å²) in [7, 11) is 0. The minimum absolute atomic E-state index is 0.102. The van der Waals surface area contributed by atoms with Crippen LogP contribution in [0.5, 0.6) is 11.5 Å². The van der Waals surface area contributed by atoms with E-state index in [4.69, 9.17) is 21.1 Å². The Morgan fingerprint density at radius 2 is 1.55 bits per heavy atom. The molecule has 0 aliphatic rings. The van der Waals surface area contributed by atoms with Gasteiger partial charge in [-0.15, -0.1) is 0 Å². The van der Waals surface area contributed by atoms with E-state index in [0.29, 0.717) is 23.1 Å². The third-order valence-electron chi connectivity index (χ3n) is 4.09. The highest BCUT2D eigenvalue weighted by atomic mass is 35.5. The topological polar surface area (TPSA) is 59.9 Å². The fraction of sp³-hybridized carbons (Fsp3) is 0.130. The van der Waals surface area contributed by atoms with Crippen LogP contribution in [0.4, 0.5) is 0 Å². The average molecular weight is 409 g/mol. The number of nitrogens with zero attached hydrogens (tertiary/aromatic N) is 1. The first-order valence-corrected chi connectivity index (χ1v) is 9.47. The van der Waals surface area contributed by atoms with Crippen molar-refractivity contribution in [3.8, 4) is 11.5 Å². The standard InChI is InChI=1S/C23H21ClN2O3/c1-17(25-26-23(27)16-29-20-8-3-2-4-9-20)18-11-13-21(14-12-18)28-15-19-7-5-6-10-22(19)24/h2-14H,15-16H2,1H3,(H,26,27). The highest BCUT2D eigenvalue weighted by molar-refractivity contribution is 6.31. The fourth-order valence-corrected chi connectivity index (χ4v) is 2.67. The van der Waals surface area contributed by atoms with Gasteiger partial charge in [0, 0.05) is 10.6 Å². The largest absolute Gasteiger partial charge is 0.489 e. The molecule has 0 fully saturated rings. The number of halogens is 1. The average Bonchev–Trinajstić information content (AvgIpc) is 2.76. The zero-order chi connectivity index (χ0) is 20.5. The van der Waals surface area contributed by atoms with Crippen LogP contribution < -0.4 is 14.9 Å². The molecule has 0 unspecified atom stereocenters. The number of amides is 1. The molecule has 0 saturated carbocycles. The number of para-hydroxylation sites is 1. The molecule has 148 valence electrons. The summed E-state index contributed by atoms with van der Waals surface area (Å²) in [5, 5.41) is 4.80. The summed E-state index contributed by atoms with van der Waals surface area (Å²) in [6.45, 7) is 2.11. The molecule has 1 N–H and O–H groups in total. The van der Waals surface area contributed by atoms with Crippen LogP contribution in [-0.4, -0.2) is 18.2 Å². The molecule has 3 rings (SSSR count). The van der Waals surface area contributed by atoms with Crippen molar-refractivity contribution in [3.63, 3.8) is 0 Å². The molecule has 3 aromatic carbocycles. The molecule has 0 saturated heterocycles. The SMILES string of the molecule is CC(=NNC(=O)COc1ccccc1)c1ccc(OCc2ccccc2Cl)cc1. The van der Waals surface area contributed by atoms with Crippen molar-refractivity contribution >= 4 is 23.2 Å². The van der Waals surface area contributed by atoms with E-state index in [1.807, 2.05) is 73.7 Å². The number of rotatable bonds is 8. The summed E-state index contributed by atoms with van der Waals surface area (Å²) < 4.78 is 11.2. The van der Waals surface area contributed by atoms with E-state index >= 15 is 0 Å². The van der Waals surface area contributed by atoms with Crippen molar-refractivity contribution < 1.29 is 14.3 Å². The van der Waals surface area contributed by atoms with Crippen molar-refractivity contribution in [2.24, 2.45) is 5.10 Å². The number of carbonyl (C=O) groups excluding carboxylic acids is 1. The Morgan fingerprint density at radius 1 is 0.897 bits per heavy atom. The van der Waals surface area contributed by atoms with Crippen LogP contribution in [0.25, 0.3) is 0 Å². The summed E-state index contributed by atoms with van der Waals surface area (Å²) in [5.74, 6) is 1.03. The molecular formula is C23H21ClN2O3. The van der Waals surface area contributed by atoms with E-state index in [-0.39, 0.29) is 12.5 Å². The Bertz CT molecular complexity index is 973. The summed E-state index contributed by atoms with van der Waals surface area (Å²) in [4.78, 5) is 11.9. The van der Waals surface area contributed by atoms with Gasteiger partial charge in [0.05, 0.1) is 5.71 Å². The van der Waals surface area contributed by atoms with Crippen molar-refractivity contribution in [2.45, 2.75) is 13.5 Å². The summed E-state index contributed by atoms with van der Waals surface area (Å²) in [6, 6.07) is 24.2. The van der Waals surface area contributed by atoms with Gasteiger partial charge in [0.1, 0.15) is 18.1 Å². The number of carbonyl (C=O) groups is 1. The molecule has 0 aliphatic heterocycles. The summed E-state index contributed by atoms with van der Waals surface area (Å²) >= 11 is 6.14. The molecule has 0 aromatic heterocycles. The van der Waals surface area contributed by atoms with Crippen LogP contribution in [0, 0.1) is 0 Å². The van der Waals surface area contributed by atoms with Gasteiger partial charge < -0.3 is 9.47 Å². The molecule has 29 heavy (non-hydrogen) atoms. The van der Waals surface area contributed by atoms with Crippen LogP contribution >= 0.6 is 11.6 Å². The maximum Gasteiger partial charge on any atom is 0.277 e. The quantitative estimate of drug-likeness (QED) is 0.428. The van der Waals surface area contributed by atoms with Crippen LogP contribution in [0.3, 0.4) is 0 Å². The molecule has 0 radical (unpaired) electrons. The smallest absolute Gasteiger partial charge is 0.277 e. The number of hydrogen-bond acceptors (Lipinski definition) is 4. The van der Waals surface area contributed by atoms with Crippen molar-refractivity contribution in [2.75, 3.05) is 6.61 Å². The normalized spacial score (nSPS) is 11.0.